The first-order valence-electron chi connectivity index (χ1n) is 7.12. The van der Waals surface area contributed by atoms with E-state index in [1.807, 2.05) is 7.05 Å². The third-order valence-corrected chi connectivity index (χ3v) is 4.23. The fraction of sp³-hybridized carbons (Fsp3) is 0.467. The molecule has 0 amide bonds. The van der Waals surface area contributed by atoms with Gasteiger partial charge in [-0.3, -0.25) is 9.36 Å². The van der Waals surface area contributed by atoms with Crippen LogP contribution in [0.25, 0.3) is 10.9 Å². The molecule has 2 heterocycles. The lowest BCUT2D eigenvalue weighted by Gasteiger charge is -2.36. The molecule has 0 radical (unpaired) electrons. The Labute approximate surface area is 122 Å². The highest BCUT2D eigenvalue weighted by molar-refractivity contribution is 5.80. The first-order valence-corrected chi connectivity index (χ1v) is 7.12. The van der Waals surface area contributed by atoms with Crippen molar-refractivity contribution in [2.75, 3.05) is 25.9 Å². The third-order valence-electron chi connectivity index (χ3n) is 4.23. The smallest absolute Gasteiger partial charge is 0.261 e. The van der Waals surface area contributed by atoms with E-state index in [4.69, 9.17) is 5.73 Å². The van der Waals surface area contributed by atoms with E-state index in [0.717, 1.165) is 13.1 Å². The fourth-order valence-corrected chi connectivity index (χ4v) is 2.80. The van der Waals surface area contributed by atoms with Crippen molar-refractivity contribution in [1.29, 1.82) is 0 Å². The van der Waals surface area contributed by atoms with Gasteiger partial charge in [0, 0.05) is 18.8 Å². The van der Waals surface area contributed by atoms with Gasteiger partial charge in [-0.05, 0) is 38.1 Å². The van der Waals surface area contributed by atoms with E-state index in [0.29, 0.717) is 29.4 Å². The highest BCUT2D eigenvalue weighted by Gasteiger charge is 2.31. The van der Waals surface area contributed by atoms with Gasteiger partial charge in [0.25, 0.3) is 5.56 Å². The molecular weight excluding hydrogens is 268 g/mol. The Morgan fingerprint density at radius 3 is 2.81 bits per heavy atom. The molecule has 6 heteroatoms. The second-order valence-electron chi connectivity index (χ2n) is 5.98. The Hall–Kier alpha value is -1.92. The molecule has 1 saturated heterocycles. The second kappa shape index (κ2) is 5.13. The lowest BCUT2D eigenvalue weighted by atomic mass is 9.91. The minimum Gasteiger partial charge on any atom is -0.399 e. The summed E-state index contributed by atoms with van der Waals surface area (Å²) in [6.45, 7) is 1.96. The standard InChI is InChI=1S/C15H20N4O2/c1-18-6-4-15(21,5-7-18)9-19-10-17-13-8-11(16)2-3-12(13)14(19)20/h2-3,8,10,21H,4-7,9,16H2,1H3. The van der Waals surface area contributed by atoms with Gasteiger partial charge in [-0.2, -0.15) is 0 Å². The first kappa shape index (κ1) is 14.0. The van der Waals surface area contributed by atoms with Crippen LogP contribution in [0.5, 0.6) is 0 Å². The molecule has 1 aromatic carbocycles. The number of nitrogens with zero attached hydrogens (tertiary/aromatic N) is 3. The molecule has 1 aliphatic rings. The number of fused-ring (bicyclic) bond motifs is 1. The number of nitrogens with two attached hydrogens (primary N) is 1. The molecule has 21 heavy (non-hydrogen) atoms. The van der Waals surface area contributed by atoms with Crippen LogP contribution in [0.3, 0.4) is 0 Å². The van der Waals surface area contributed by atoms with Crippen LogP contribution in [0.15, 0.2) is 29.3 Å². The summed E-state index contributed by atoms with van der Waals surface area (Å²) in [4.78, 5) is 18.9. The molecule has 1 aliphatic heterocycles. The SMILES string of the molecule is CN1CCC(O)(Cn2cnc3cc(N)ccc3c2=O)CC1. The average Bonchev–Trinajstić information content (AvgIpc) is 2.46. The number of benzene rings is 1. The number of hydrogen-bond acceptors (Lipinski definition) is 5. The molecule has 1 fully saturated rings. The van der Waals surface area contributed by atoms with E-state index in [-0.39, 0.29) is 12.1 Å². The summed E-state index contributed by atoms with van der Waals surface area (Å²) in [7, 11) is 2.04. The summed E-state index contributed by atoms with van der Waals surface area (Å²) >= 11 is 0. The number of aromatic nitrogens is 2. The van der Waals surface area contributed by atoms with Crippen molar-refractivity contribution in [3.05, 3.63) is 34.9 Å². The molecule has 6 nitrogen and oxygen atoms in total. The number of hydrogen-bond donors (Lipinski definition) is 2. The van der Waals surface area contributed by atoms with E-state index in [1.54, 1.807) is 18.2 Å². The number of rotatable bonds is 2. The number of aliphatic hydroxyl groups is 1. The lowest BCUT2D eigenvalue weighted by molar-refractivity contribution is -0.0298. The van der Waals surface area contributed by atoms with Crippen molar-refractivity contribution in [3.8, 4) is 0 Å². The van der Waals surface area contributed by atoms with E-state index >= 15 is 0 Å². The molecule has 3 N–H and O–H groups in total. The van der Waals surface area contributed by atoms with Crippen molar-refractivity contribution in [2.24, 2.45) is 0 Å². The van der Waals surface area contributed by atoms with Crippen molar-refractivity contribution in [2.45, 2.75) is 25.0 Å². The van der Waals surface area contributed by atoms with E-state index < -0.39 is 5.60 Å². The summed E-state index contributed by atoms with van der Waals surface area (Å²) in [6.07, 6.45) is 2.83. The van der Waals surface area contributed by atoms with Gasteiger partial charge in [0.15, 0.2) is 0 Å². The topological polar surface area (TPSA) is 84.4 Å². The Morgan fingerprint density at radius 1 is 1.38 bits per heavy atom. The van der Waals surface area contributed by atoms with Crippen LogP contribution >= 0.6 is 0 Å². The maximum absolute atomic E-state index is 12.5. The van der Waals surface area contributed by atoms with Crippen LogP contribution in [0.2, 0.25) is 0 Å². The molecular formula is C15H20N4O2. The molecule has 0 unspecified atom stereocenters. The number of nitrogen functional groups attached to an aromatic ring is 1. The maximum Gasteiger partial charge on any atom is 0.261 e. The van der Waals surface area contributed by atoms with Gasteiger partial charge in [0.1, 0.15) is 0 Å². The van der Waals surface area contributed by atoms with Crippen LogP contribution in [0.1, 0.15) is 12.8 Å². The predicted octanol–water partition coefficient (Wildman–Crippen LogP) is 0.435. The van der Waals surface area contributed by atoms with Gasteiger partial charge in [-0.1, -0.05) is 0 Å². The van der Waals surface area contributed by atoms with Crippen LogP contribution in [-0.2, 0) is 6.54 Å². The van der Waals surface area contributed by atoms with Crippen molar-refractivity contribution in [1.82, 2.24) is 14.5 Å². The van der Waals surface area contributed by atoms with Gasteiger partial charge < -0.3 is 15.7 Å². The third kappa shape index (κ3) is 2.77. The van der Waals surface area contributed by atoms with Crippen molar-refractivity contribution in [3.63, 3.8) is 0 Å². The Bertz CT molecular complexity index is 717. The summed E-state index contributed by atoms with van der Waals surface area (Å²) in [5, 5.41) is 11.2. The maximum atomic E-state index is 12.5. The Morgan fingerprint density at radius 2 is 2.10 bits per heavy atom. The predicted molar refractivity (Wildman–Crippen MR) is 82.1 cm³/mol. The highest BCUT2D eigenvalue weighted by atomic mass is 16.3. The molecule has 1 aromatic heterocycles. The number of likely N-dealkylation sites (tertiary alicyclic amines) is 1. The van der Waals surface area contributed by atoms with Gasteiger partial charge in [-0.25, -0.2) is 4.98 Å². The van der Waals surface area contributed by atoms with Gasteiger partial charge >= 0.3 is 0 Å². The molecule has 3 rings (SSSR count). The van der Waals surface area contributed by atoms with Crippen LogP contribution in [-0.4, -0.2) is 45.3 Å². The van der Waals surface area contributed by atoms with Crippen molar-refractivity contribution >= 4 is 16.6 Å². The zero-order valence-corrected chi connectivity index (χ0v) is 12.1. The zero-order valence-electron chi connectivity index (χ0n) is 12.1. The number of anilines is 1. The summed E-state index contributed by atoms with van der Waals surface area (Å²) in [5.41, 5.74) is 5.91. The number of piperidine rings is 1. The van der Waals surface area contributed by atoms with E-state index in [2.05, 4.69) is 9.88 Å². The summed E-state index contributed by atoms with van der Waals surface area (Å²) < 4.78 is 1.50. The quantitative estimate of drug-likeness (QED) is 0.783. The zero-order chi connectivity index (χ0) is 15.0. The van der Waals surface area contributed by atoms with Crippen LogP contribution in [0.4, 0.5) is 5.69 Å². The average molecular weight is 288 g/mol. The molecule has 2 aromatic rings. The molecule has 0 saturated carbocycles. The molecule has 0 bridgehead atoms. The van der Waals surface area contributed by atoms with Gasteiger partial charge in [0.05, 0.1) is 29.4 Å². The molecule has 112 valence electrons. The van der Waals surface area contributed by atoms with E-state index in [1.165, 1.54) is 10.9 Å². The summed E-state index contributed by atoms with van der Waals surface area (Å²) in [6, 6.07) is 5.07. The molecule has 0 atom stereocenters. The van der Waals surface area contributed by atoms with Gasteiger partial charge in [-0.15, -0.1) is 0 Å². The monoisotopic (exact) mass is 288 g/mol. The first-order chi connectivity index (χ1) is 9.97. The minimum atomic E-state index is -0.834. The summed E-state index contributed by atoms with van der Waals surface area (Å²) in [5.74, 6) is 0. The normalized spacial score (nSPS) is 19.0. The van der Waals surface area contributed by atoms with Crippen molar-refractivity contribution < 1.29 is 5.11 Å². The molecule has 0 spiro atoms. The lowest BCUT2D eigenvalue weighted by Crippen LogP contribution is -2.46. The largest absolute Gasteiger partial charge is 0.399 e. The Kier molecular flexibility index (Phi) is 3.43. The van der Waals surface area contributed by atoms with E-state index in [9.17, 15) is 9.90 Å². The second-order valence-corrected chi connectivity index (χ2v) is 5.98. The highest BCUT2D eigenvalue weighted by Crippen LogP contribution is 2.23. The Balaban J connectivity index is 1.93. The van der Waals surface area contributed by atoms with Crippen LogP contribution < -0.4 is 11.3 Å². The minimum absolute atomic E-state index is 0.132. The van der Waals surface area contributed by atoms with Gasteiger partial charge in [0.2, 0.25) is 0 Å². The van der Waals surface area contributed by atoms with Crippen LogP contribution in [0, 0.1) is 0 Å². The fourth-order valence-electron chi connectivity index (χ4n) is 2.80. The molecule has 0 aliphatic carbocycles.